The average molecular weight is 294 g/mol. The fourth-order valence-corrected chi connectivity index (χ4v) is 3.08. The van der Waals surface area contributed by atoms with Crippen molar-refractivity contribution in [3.63, 3.8) is 0 Å². The van der Waals surface area contributed by atoms with Crippen molar-refractivity contribution in [3.05, 3.63) is 35.9 Å². The third kappa shape index (κ3) is 5.06. The van der Waals surface area contributed by atoms with E-state index in [-0.39, 0.29) is 6.09 Å². The van der Waals surface area contributed by atoms with Crippen molar-refractivity contribution in [2.75, 3.05) is 31.1 Å². The zero-order valence-corrected chi connectivity index (χ0v) is 12.7. The molecule has 0 radical (unpaired) electrons. The second kappa shape index (κ2) is 8.17. The van der Waals surface area contributed by atoms with Gasteiger partial charge in [0.25, 0.3) is 0 Å². The van der Waals surface area contributed by atoms with Gasteiger partial charge in [-0.1, -0.05) is 30.3 Å². The number of hydrogen-bond donors (Lipinski definition) is 1. The summed E-state index contributed by atoms with van der Waals surface area (Å²) >= 11 is 1.99. The molecule has 1 atom stereocenters. The first-order valence-corrected chi connectivity index (χ1v) is 8.17. The van der Waals surface area contributed by atoms with Gasteiger partial charge in [0.15, 0.2) is 0 Å². The largest absolute Gasteiger partial charge is 0.445 e. The van der Waals surface area contributed by atoms with E-state index in [1.807, 2.05) is 42.1 Å². The van der Waals surface area contributed by atoms with Crippen LogP contribution in [0.5, 0.6) is 0 Å². The Bertz CT molecular complexity index is 408. The van der Waals surface area contributed by atoms with Crippen LogP contribution in [0.2, 0.25) is 0 Å². The van der Waals surface area contributed by atoms with Crippen LogP contribution in [0, 0.1) is 0 Å². The maximum absolute atomic E-state index is 11.6. The van der Waals surface area contributed by atoms with Gasteiger partial charge in [0.2, 0.25) is 0 Å². The Kier molecular flexibility index (Phi) is 6.21. The minimum absolute atomic E-state index is 0.321. The molecule has 1 heterocycles. The van der Waals surface area contributed by atoms with E-state index in [2.05, 4.69) is 17.1 Å². The van der Waals surface area contributed by atoms with Crippen LogP contribution in [-0.2, 0) is 11.3 Å². The van der Waals surface area contributed by atoms with Gasteiger partial charge >= 0.3 is 6.09 Å². The first-order chi connectivity index (χ1) is 9.75. The first-order valence-electron chi connectivity index (χ1n) is 7.02. The highest BCUT2D eigenvalue weighted by Gasteiger charge is 2.17. The lowest BCUT2D eigenvalue weighted by molar-refractivity contribution is 0.134. The molecule has 110 valence electrons. The summed E-state index contributed by atoms with van der Waals surface area (Å²) in [5.74, 6) is 2.37. The molecule has 0 spiro atoms. The summed E-state index contributed by atoms with van der Waals surface area (Å²) in [5.41, 5.74) is 1.00. The molecule has 0 saturated carbocycles. The Morgan fingerprint density at radius 1 is 1.35 bits per heavy atom. The summed E-state index contributed by atoms with van der Waals surface area (Å²) in [6, 6.07) is 10.1. The van der Waals surface area contributed by atoms with E-state index in [0.29, 0.717) is 19.2 Å². The lowest BCUT2D eigenvalue weighted by atomic mass is 10.2. The average Bonchev–Trinajstić information content (AvgIpc) is 2.52. The number of ether oxygens (including phenoxy) is 1. The molecular formula is C15H22N2O2S. The van der Waals surface area contributed by atoms with Gasteiger partial charge in [0, 0.05) is 37.2 Å². The highest BCUT2D eigenvalue weighted by Crippen LogP contribution is 2.11. The lowest BCUT2D eigenvalue weighted by Gasteiger charge is -2.31. The Labute approximate surface area is 124 Å². The number of nitrogens with zero attached hydrogens (tertiary/aromatic N) is 1. The van der Waals surface area contributed by atoms with Gasteiger partial charge in [0.1, 0.15) is 6.61 Å². The number of rotatable bonds is 5. The summed E-state index contributed by atoms with van der Waals surface area (Å²) < 4.78 is 5.19. The van der Waals surface area contributed by atoms with Crippen LogP contribution >= 0.6 is 11.8 Å². The topological polar surface area (TPSA) is 41.6 Å². The number of carbonyl (C=O) groups is 1. The van der Waals surface area contributed by atoms with Crippen LogP contribution in [0.25, 0.3) is 0 Å². The second-order valence-electron chi connectivity index (χ2n) is 4.94. The molecule has 0 aliphatic carbocycles. The zero-order chi connectivity index (χ0) is 14.2. The molecule has 1 aliphatic heterocycles. The Morgan fingerprint density at radius 3 is 2.75 bits per heavy atom. The molecule has 20 heavy (non-hydrogen) atoms. The third-order valence-corrected chi connectivity index (χ3v) is 4.37. The molecule has 1 unspecified atom stereocenters. The molecule has 1 saturated heterocycles. The third-order valence-electron chi connectivity index (χ3n) is 3.42. The van der Waals surface area contributed by atoms with E-state index in [1.165, 1.54) is 11.5 Å². The van der Waals surface area contributed by atoms with Crippen molar-refractivity contribution in [3.8, 4) is 0 Å². The monoisotopic (exact) mass is 294 g/mol. The maximum Gasteiger partial charge on any atom is 0.407 e. The van der Waals surface area contributed by atoms with Crippen LogP contribution in [0.3, 0.4) is 0 Å². The van der Waals surface area contributed by atoms with Crippen molar-refractivity contribution in [2.24, 2.45) is 0 Å². The minimum atomic E-state index is -0.341. The van der Waals surface area contributed by atoms with Gasteiger partial charge in [-0.2, -0.15) is 11.8 Å². The highest BCUT2D eigenvalue weighted by molar-refractivity contribution is 7.99. The molecule has 1 fully saturated rings. The molecular weight excluding hydrogens is 272 g/mol. The van der Waals surface area contributed by atoms with Crippen LogP contribution < -0.4 is 5.32 Å². The molecule has 1 aromatic carbocycles. The number of amides is 1. The Balaban J connectivity index is 1.64. The number of nitrogens with one attached hydrogen (secondary N) is 1. The van der Waals surface area contributed by atoms with Crippen LogP contribution in [0.15, 0.2) is 30.3 Å². The summed E-state index contributed by atoms with van der Waals surface area (Å²) in [6.45, 7) is 5.31. The van der Waals surface area contributed by atoms with E-state index >= 15 is 0 Å². The van der Waals surface area contributed by atoms with E-state index in [4.69, 9.17) is 4.74 Å². The summed E-state index contributed by atoms with van der Waals surface area (Å²) in [4.78, 5) is 14.1. The molecule has 1 amide bonds. The Hall–Kier alpha value is -1.20. The predicted molar refractivity (Wildman–Crippen MR) is 83.0 cm³/mol. The van der Waals surface area contributed by atoms with Crippen molar-refractivity contribution in [1.29, 1.82) is 0 Å². The molecule has 1 aromatic rings. The normalized spacial score (nSPS) is 17.4. The number of alkyl carbamates (subject to hydrolysis) is 1. The standard InChI is InChI=1S/C15H22N2O2S/c1-13(17-7-9-20-10-8-17)11-16-15(18)19-12-14-5-3-2-4-6-14/h2-6,13H,7-12H2,1H3,(H,16,18). The maximum atomic E-state index is 11.6. The van der Waals surface area contributed by atoms with Gasteiger partial charge < -0.3 is 10.1 Å². The van der Waals surface area contributed by atoms with E-state index < -0.39 is 0 Å². The number of carbonyl (C=O) groups excluding carboxylic acids is 1. The Morgan fingerprint density at radius 2 is 2.05 bits per heavy atom. The van der Waals surface area contributed by atoms with Crippen molar-refractivity contribution < 1.29 is 9.53 Å². The van der Waals surface area contributed by atoms with Crippen molar-refractivity contribution in [2.45, 2.75) is 19.6 Å². The van der Waals surface area contributed by atoms with E-state index in [1.54, 1.807) is 0 Å². The molecule has 1 N–H and O–H groups in total. The molecule has 4 nitrogen and oxygen atoms in total. The number of benzene rings is 1. The summed E-state index contributed by atoms with van der Waals surface area (Å²) in [6.07, 6.45) is -0.341. The van der Waals surface area contributed by atoms with Gasteiger partial charge in [-0.15, -0.1) is 0 Å². The van der Waals surface area contributed by atoms with Crippen molar-refractivity contribution >= 4 is 17.9 Å². The van der Waals surface area contributed by atoms with Gasteiger partial charge in [0.05, 0.1) is 0 Å². The van der Waals surface area contributed by atoms with Gasteiger partial charge in [-0.3, -0.25) is 4.90 Å². The molecule has 2 rings (SSSR count). The minimum Gasteiger partial charge on any atom is -0.445 e. The number of thioether (sulfide) groups is 1. The highest BCUT2D eigenvalue weighted by atomic mass is 32.2. The first kappa shape index (κ1) is 15.2. The fraction of sp³-hybridized carbons (Fsp3) is 0.533. The number of hydrogen-bond acceptors (Lipinski definition) is 4. The van der Waals surface area contributed by atoms with Crippen molar-refractivity contribution in [1.82, 2.24) is 10.2 Å². The van der Waals surface area contributed by atoms with E-state index in [0.717, 1.165) is 18.7 Å². The van der Waals surface area contributed by atoms with Gasteiger partial charge in [-0.25, -0.2) is 4.79 Å². The van der Waals surface area contributed by atoms with Crippen LogP contribution in [0.4, 0.5) is 4.79 Å². The van der Waals surface area contributed by atoms with Crippen LogP contribution in [0.1, 0.15) is 12.5 Å². The molecule has 5 heteroatoms. The van der Waals surface area contributed by atoms with Gasteiger partial charge in [-0.05, 0) is 12.5 Å². The lowest BCUT2D eigenvalue weighted by Crippen LogP contribution is -2.45. The molecule has 0 aromatic heterocycles. The quantitative estimate of drug-likeness (QED) is 0.905. The molecule has 0 bridgehead atoms. The fourth-order valence-electron chi connectivity index (χ4n) is 2.15. The predicted octanol–water partition coefficient (Wildman–Crippen LogP) is 2.35. The smallest absolute Gasteiger partial charge is 0.407 e. The summed E-state index contributed by atoms with van der Waals surface area (Å²) in [7, 11) is 0. The molecule has 1 aliphatic rings. The SMILES string of the molecule is CC(CNC(=O)OCc1ccccc1)N1CCSCC1. The van der Waals surface area contributed by atoms with Crippen LogP contribution in [-0.4, -0.2) is 48.2 Å². The van der Waals surface area contributed by atoms with E-state index in [9.17, 15) is 4.79 Å². The second-order valence-corrected chi connectivity index (χ2v) is 6.16. The summed E-state index contributed by atoms with van der Waals surface area (Å²) in [5, 5.41) is 2.84. The zero-order valence-electron chi connectivity index (χ0n) is 11.9.